The van der Waals surface area contributed by atoms with E-state index in [9.17, 15) is 4.79 Å². The molecule has 1 aliphatic rings. The van der Waals surface area contributed by atoms with E-state index in [-0.39, 0.29) is 5.91 Å². The van der Waals surface area contributed by atoms with Gasteiger partial charge in [0.25, 0.3) is 5.91 Å². The van der Waals surface area contributed by atoms with Crippen LogP contribution in [0.4, 0.5) is 0 Å². The highest BCUT2D eigenvalue weighted by molar-refractivity contribution is 5.97. The van der Waals surface area contributed by atoms with Crippen molar-refractivity contribution in [1.82, 2.24) is 4.90 Å². The molecule has 1 aliphatic heterocycles. The maximum Gasteiger partial charge on any atom is 0.254 e. The van der Waals surface area contributed by atoms with Crippen LogP contribution >= 0.6 is 0 Å². The van der Waals surface area contributed by atoms with Crippen LogP contribution in [0, 0.1) is 0 Å². The van der Waals surface area contributed by atoms with Gasteiger partial charge in [0, 0.05) is 18.7 Å². The zero-order valence-corrected chi connectivity index (χ0v) is 17.3. The third kappa shape index (κ3) is 4.25. The van der Waals surface area contributed by atoms with Gasteiger partial charge >= 0.3 is 0 Å². The number of nitrogens with zero attached hydrogens (tertiary/aromatic N) is 1. The Morgan fingerprint density at radius 1 is 0.867 bits per heavy atom. The first-order valence-electron chi connectivity index (χ1n) is 9.98. The third-order valence-electron chi connectivity index (χ3n) is 5.33. The molecule has 1 amide bonds. The van der Waals surface area contributed by atoms with Gasteiger partial charge in [-0.2, -0.15) is 0 Å². The summed E-state index contributed by atoms with van der Waals surface area (Å²) in [5.74, 6) is 2.06. The molecule has 0 aliphatic carbocycles. The van der Waals surface area contributed by atoms with E-state index >= 15 is 0 Å². The van der Waals surface area contributed by atoms with Crippen molar-refractivity contribution in [3.05, 3.63) is 89.0 Å². The molecule has 3 aromatic rings. The lowest BCUT2D eigenvalue weighted by atomic mass is 9.97. The lowest BCUT2D eigenvalue weighted by molar-refractivity contribution is 0.0726. The molecule has 1 heterocycles. The average molecular weight is 403 g/mol. The summed E-state index contributed by atoms with van der Waals surface area (Å²) in [4.78, 5) is 15.0. The topological polar surface area (TPSA) is 48.0 Å². The Hall–Kier alpha value is -3.47. The van der Waals surface area contributed by atoms with E-state index in [1.807, 2.05) is 65.6 Å². The second-order valence-corrected chi connectivity index (χ2v) is 7.26. The number of amides is 1. The molecule has 0 fully saturated rings. The summed E-state index contributed by atoms with van der Waals surface area (Å²) in [6, 6.07) is 21.5. The maximum absolute atomic E-state index is 13.1. The van der Waals surface area contributed by atoms with Gasteiger partial charge in [-0.05, 0) is 47.4 Å². The number of rotatable bonds is 7. The lowest BCUT2D eigenvalue weighted by Gasteiger charge is -2.29. The normalized spacial score (nSPS) is 13.0. The van der Waals surface area contributed by atoms with Gasteiger partial charge in [-0.1, -0.05) is 42.5 Å². The molecular weight excluding hydrogens is 378 g/mol. The summed E-state index contributed by atoms with van der Waals surface area (Å²) in [6.07, 6.45) is 0.781. The predicted molar refractivity (Wildman–Crippen MR) is 115 cm³/mol. The van der Waals surface area contributed by atoms with Crippen molar-refractivity contribution in [3.8, 4) is 17.2 Å². The van der Waals surface area contributed by atoms with Crippen LogP contribution in [0.25, 0.3) is 0 Å². The minimum atomic E-state index is 0.0139. The summed E-state index contributed by atoms with van der Waals surface area (Å²) in [6.45, 7) is 1.69. The third-order valence-corrected chi connectivity index (χ3v) is 5.33. The van der Waals surface area contributed by atoms with E-state index in [0.717, 1.165) is 28.9 Å². The molecule has 0 radical (unpaired) electrons. The van der Waals surface area contributed by atoms with Crippen molar-refractivity contribution in [2.45, 2.75) is 19.6 Å². The Labute approximate surface area is 176 Å². The molecule has 5 heteroatoms. The number of benzene rings is 3. The molecule has 0 atom stereocenters. The monoisotopic (exact) mass is 403 g/mol. The zero-order valence-electron chi connectivity index (χ0n) is 17.3. The highest BCUT2D eigenvalue weighted by atomic mass is 16.5. The molecular formula is C25H25NO4. The molecule has 0 saturated heterocycles. The smallest absolute Gasteiger partial charge is 0.254 e. The SMILES string of the molecule is COc1ccc(CN2CCc3cc(OCc4ccccc4)c(OC)cc3C2=O)cc1. The molecule has 0 spiro atoms. The number of ether oxygens (including phenoxy) is 3. The Kier molecular flexibility index (Phi) is 5.89. The van der Waals surface area contributed by atoms with Crippen LogP contribution in [0.5, 0.6) is 17.2 Å². The first kappa shape index (κ1) is 19.8. The summed E-state index contributed by atoms with van der Waals surface area (Å²) in [7, 11) is 3.24. The van der Waals surface area contributed by atoms with Crippen LogP contribution in [0.15, 0.2) is 66.7 Å². The van der Waals surface area contributed by atoms with E-state index < -0.39 is 0 Å². The molecule has 0 N–H and O–H groups in total. The predicted octanol–water partition coefficient (Wildman–Crippen LogP) is 4.48. The molecule has 3 aromatic carbocycles. The van der Waals surface area contributed by atoms with Gasteiger partial charge in [-0.3, -0.25) is 4.79 Å². The molecule has 0 bridgehead atoms. The molecule has 0 aromatic heterocycles. The second kappa shape index (κ2) is 8.91. The summed E-state index contributed by atoms with van der Waals surface area (Å²) >= 11 is 0. The first-order valence-corrected chi connectivity index (χ1v) is 9.98. The molecule has 154 valence electrons. The molecule has 4 rings (SSSR count). The Morgan fingerprint density at radius 3 is 2.33 bits per heavy atom. The van der Waals surface area contributed by atoms with E-state index in [1.54, 1.807) is 20.3 Å². The van der Waals surface area contributed by atoms with Gasteiger partial charge < -0.3 is 19.1 Å². The van der Waals surface area contributed by atoms with Crippen LogP contribution in [0.2, 0.25) is 0 Å². The fraction of sp³-hybridized carbons (Fsp3) is 0.240. The number of carbonyl (C=O) groups is 1. The van der Waals surface area contributed by atoms with Crippen molar-refractivity contribution in [2.24, 2.45) is 0 Å². The number of hydrogen-bond acceptors (Lipinski definition) is 4. The average Bonchev–Trinajstić information content (AvgIpc) is 2.80. The number of carbonyl (C=O) groups excluding carboxylic acids is 1. The highest BCUT2D eigenvalue weighted by Gasteiger charge is 2.26. The molecule has 30 heavy (non-hydrogen) atoms. The Bertz CT molecular complexity index is 1020. The van der Waals surface area contributed by atoms with Crippen LogP contribution in [0.1, 0.15) is 27.0 Å². The van der Waals surface area contributed by atoms with Crippen molar-refractivity contribution in [2.75, 3.05) is 20.8 Å². The van der Waals surface area contributed by atoms with Gasteiger partial charge in [0.05, 0.1) is 14.2 Å². The minimum Gasteiger partial charge on any atom is -0.497 e. The standard InChI is InChI=1S/C25H25NO4/c1-28-21-10-8-18(9-11-21)16-26-13-12-20-14-24(23(29-2)15-22(20)25(26)27)30-17-19-6-4-3-5-7-19/h3-11,14-15H,12-13,16-17H2,1-2H3. The van der Waals surface area contributed by atoms with E-state index in [4.69, 9.17) is 14.2 Å². The van der Waals surface area contributed by atoms with Crippen LogP contribution in [0.3, 0.4) is 0 Å². The Balaban J connectivity index is 1.51. The zero-order chi connectivity index (χ0) is 20.9. The second-order valence-electron chi connectivity index (χ2n) is 7.26. The van der Waals surface area contributed by atoms with Crippen molar-refractivity contribution in [3.63, 3.8) is 0 Å². The fourth-order valence-corrected chi connectivity index (χ4v) is 3.65. The number of methoxy groups -OCH3 is 2. The molecule has 5 nitrogen and oxygen atoms in total. The molecule has 0 unspecified atom stereocenters. The lowest BCUT2D eigenvalue weighted by Crippen LogP contribution is -2.37. The van der Waals surface area contributed by atoms with Crippen LogP contribution < -0.4 is 14.2 Å². The van der Waals surface area contributed by atoms with Crippen LogP contribution in [-0.4, -0.2) is 31.6 Å². The van der Waals surface area contributed by atoms with Gasteiger partial charge in [0.2, 0.25) is 0 Å². The quantitative estimate of drug-likeness (QED) is 0.584. The van der Waals surface area contributed by atoms with Crippen LogP contribution in [-0.2, 0) is 19.6 Å². The summed E-state index contributed by atoms with van der Waals surface area (Å²) in [5.41, 5.74) is 3.83. The van der Waals surface area contributed by atoms with E-state index in [1.165, 1.54) is 0 Å². The van der Waals surface area contributed by atoms with Gasteiger partial charge in [-0.15, -0.1) is 0 Å². The maximum atomic E-state index is 13.1. The van der Waals surface area contributed by atoms with E-state index in [2.05, 4.69) is 0 Å². The van der Waals surface area contributed by atoms with Gasteiger partial charge in [0.15, 0.2) is 11.5 Å². The largest absolute Gasteiger partial charge is 0.497 e. The number of fused-ring (bicyclic) bond motifs is 1. The summed E-state index contributed by atoms with van der Waals surface area (Å²) < 4.78 is 16.7. The van der Waals surface area contributed by atoms with E-state index in [0.29, 0.717) is 36.8 Å². The first-order chi connectivity index (χ1) is 14.7. The Morgan fingerprint density at radius 2 is 1.63 bits per heavy atom. The minimum absolute atomic E-state index is 0.0139. The highest BCUT2D eigenvalue weighted by Crippen LogP contribution is 2.34. The molecule has 0 saturated carbocycles. The van der Waals surface area contributed by atoms with Crippen molar-refractivity contribution in [1.29, 1.82) is 0 Å². The fourth-order valence-electron chi connectivity index (χ4n) is 3.65. The van der Waals surface area contributed by atoms with Crippen molar-refractivity contribution < 1.29 is 19.0 Å². The number of hydrogen-bond donors (Lipinski definition) is 0. The van der Waals surface area contributed by atoms with Crippen molar-refractivity contribution >= 4 is 5.91 Å². The van der Waals surface area contributed by atoms with Gasteiger partial charge in [0.1, 0.15) is 12.4 Å². The van der Waals surface area contributed by atoms with Gasteiger partial charge in [-0.25, -0.2) is 0 Å². The summed E-state index contributed by atoms with van der Waals surface area (Å²) in [5, 5.41) is 0.